The van der Waals surface area contributed by atoms with Gasteiger partial charge in [-0.05, 0) is 77.8 Å². The number of carbonyl (C=O) groups excluding carboxylic acids is 1. The molecule has 2 N–H and O–H groups in total. The van der Waals surface area contributed by atoms with Gasteiger partial charge in [-0.1, -0.05) is 6.42 Å². The molecule has 1 amide bonds. The van der Waals surface area contributed by atoms with Gasteiger partial charge in [-0.25, -0.2) is 4.79 Å². The largest absolute Gasteiger partial charge is 0.444 e. The predicted octanol–water partition coefficient (Wildman–Crippen LogP) is 3.07. The molecule has 1 aliphatic carbocycles. The van der Waals surface area contributed by atoms with Crippen molar-refractivity contribution in [1.82, 2.24) is 10.6 Å². The number of amides is 1. The second kappa shape index (κ2) is 6.79. The van der Waals surface area contributed by atoms with Crippen LogP contribution in [0.3, 0.4) is 0 Å². The summed E-state index contributed by atoms with van der Waals surface area (Å²) in [6.07, 6.45) is 7.16. The first-order valence-electron chi connectivity index (χ1n) is 8.14. The molecule has 4 heteroatoms. The summed E-state index contributed by atoms with van der Waals surface area (Å²) in [7, 11) is 0. The highest BCUT2D eigenvalue weighted by molar-refractivity contribution is 5.68. The number of hydrogen-bond acceptors (Lipinski definition) is 3. The van der Waals surface area contributed by atoms with Crippen molar-refractivity contribution in [3.8, 4) is 0 Å². The van der Waals surface area contributed by atoms with Gasteiger partial charge in [-0.3, -0.25) is 0 Å². The van der Waals surface area contributed by atoms with Gasteiger partial charge >= 0.3 is 6.09 Å². The van der Waals surface area contributed by atoms with E-state index in [1.165, 1.54) is 32.1 Å². The molecule has 1 aliphatic heterocycles. The minimum atomic E-state index is -0.414. The van der Waals surface area contributed by atoms with Crippen molar-refractivity contribution in [2.75, 3.05) is 13.1 Å². The summed E-state index contributed by atoms with van der Waals surface area (Å²) < 4.78 is 5.41. The second-order valence-corrected chi connectivity index (χ2v) is 7.37. The highest BCUT2D eigenvalue weighted by atomic mass is 16.6. The smallest absolute Gasteiger partial charge is 0.407 e. The molecule has 0 spiro atoms. The highest BCUT2D eigenvalue weighted by Gasteiger charge is 2.32. The van der Waals surface area contributed by atoms with Crippen molar-refractivity contribution in [3.63, 3.8) is 0 Å². The summed E-state index contributed by atoms with van der Waals surface area (Å²) in [5.74, 6) is 1.41. The van der Waals surface area contributed by atoms with Crippen LogP contribution in [0.25, 0.3) is 0 Å². The van der Waals surface area contributed by atoms with Crippen LogP contribution in [0.4, 0.5) is 4.79 Å². The SMILES string of the molecule is CC(C)(C)OC(=O)NC(CC1CCNCC1)C1CCC1. The Bertz CT molecular complexity index is 315. The van der Waals surface area contributed by atoms with E-state index in [1.54, 1.807) is 0 Å². The number of ether oxygens (including phenoxy) is 1. The zero-order valence-electron chi connectivity index (χ0n) is 13.2. The number of carbonyl (C=O) groups is 1. The maximum atomic E-state index is 12.0. The Morgan fingerprint density at radius 2 is 1.90 bits per heavy atom. The molecule has 4 nitrogen and oxygen atoms in total. The number of rotatable bonds is 4. The number of nitrogens with one attached hydrogen (secondary N) is 2. The molecule has 2 aliphatic rings. The van der Waals surface area contributed by atoms with E-state index in [-0.39, 0.29) is 6.09 Å². The summed E-state index contributed by atoms with van der Waals surface area (Å²) >= 11 is 0. The van der Waals surface area contributed by atoms with E-state index >= 15 is 0 Å². The van der Waals surface area contributed by atoms with Crippen molar-refractivity contribution in [2.45, 2.75) is 70.9 Å². The molecule has 0 aromatic rings. The molecule has 1 atom stereocenters. The minimum absolute atomic E-state index is 0.247. The van der Waals surface area contributed by atoms with Crippen molar-refractivity contribution in [3.05, 3.63) is 0 Å². The second-order valence-electron chi connectivity index (χ2n) is 7.37. The van der Waals surface area contributed by atoms with Crippen molar-refractivity contribution in [1.29, 1.82) is 0 Å². The van der Waals surface area contributed by atoms with E-state index in [0.717, 1.165) is 25.4 Å². The van der Waals surface area contributed by atoms with Crippen molar-refractivity contribution < 1.29 is 9.53 Å². The summed E-state index contributed by atoms with van der Waals surface area (Å²) in [5, 5.41) is 6.55. The lowest BCUT2D eigenvalue weighted by atomic mass is 9.75. The molecule has 0 radical (unpaired) electrons. The van der Waals surface area contributed by atoms with Crippen LogP contribution in [-0.2, 0) is 4.74 Å². The topological polar surface area (TPSA) is 50.4 Å². The Balaban J connectivity index is 1.84. The van der Waals surface area contributed by atoms with Crippen LogP contribution in [0.2, 0.25) is 0 Å². The molecule has 1 saturated carbocycles. The first-order chi connectivity index (χ1) is 9.44. The van der Waals surface area contributed by atoms with E-state index in [2.05, 4.69) is 10.6 Å². The Hall–Kier alpha value is -0.770. The average molecular weight is 282 g/mol. The zero-order chi connectivity index (χ0) is 14.6. The predicted molar refractivity (Wildman–Crippen MR) is 80.7 cm³/mol. The molecule has 1 unspecified atom stereocenters. The fraction of sp³-hybridized carbons (Fsp3) is 0.938. The lowest BCUT2D eigenvalue weighted by Crippen LogP contribution is -2.46. The Morgan fingerprint density at radius 1 is 1.25 bits per heavy atom. The molecule has 0 bridgehead atoms. The summed E-state index contributed by atoms with van der Waals surface area (Å²) in [5.41, 5.74) is -0.414. The number of alkyl carbamates (subject to hydrolysis) is 1. The van der Waals surface area contributed by atoms with Crippen LogP contribution in [-0.4, -0.2) is 30.8 Å². The Morgan fingerprint density at radius 3 is 2.40 bits per heavy atom. The van der Waals surface area contributed by atoms with E-state index in [1.807, 2.05) is 20.8 Å². The molecule has 116 valence electrons. The summed E-state index contributed by atoms with van der Waals surface area (Å²) in [4.78, 5) is 12.0. The van der Waals surface area contributed by atoms with Crippen LogP contribution in [0.5, 0.6) is 0 Å². The van der Waals surface area contributed by atoms with Gasteiger partial charge in [0.1, 0.15) is 5.60 Å². The van der Waals surface area contributed by atoms with Gasteiger partial charge in [0.05, 0.1) is 0 Å². The number of hydrogen-bond donors (Lipinski definition) is 2. The molecule has 2 fully saturated rings. The molecule has 1 heterocycles. The third kappa shape index (κ3) is 4.97. The lowest BCUT2D eigenvalue weighted by Gasteiger charge is -2.37. The van der Waals surface area contributed by atoms with Gasteiger partial charge in [-0.15, -0.1) is 0 Å². The van der Waals surface area contributed by atoms with Crippen LogP contribution in [0.15, 0.2) is 0 Å². The first kappa shape index (κ1) is 15.6. The lowest BCUT2D eigenvalue weighted by molar-refractivity contribution is 0.0448. The minimum Gasteiger partial charge on any atom is -0.444 e. The third-order valence-electron chi connectivity index (χ3n) is 4.47. The monoisotopic (exact) mass is 282 g/mol. The van der Waals surface area contributed by atoms with E-state index < -0.39 is 5.60 Å². The zero-order valence-corrected chi connectivity index (χ0v) is 13.2. The fourth-order valence-electron chi connectivity index (χ4n) is 3.15. The molecule has 1 saturated heterocycles. The fourth-order valence-corrected chi connectivity index (χ4v) is 3.15. The molecule has 0 aromatic heterocycles. The van der Waals surface area contributed by atoms with Crippen molar-refractivity contribution >= 4 is 6.09 Å². The number of piperidine rings is 1. The van der Waals surface area contributed by atoms with E-state index in [4.69, 9.17) is 4.74 Å². The first-order valence-corrected chi connectivity index (χ1v) is 8.14. The highest BCUT2D eigenvalue weighted by Crippen LogP contribution is 2.33. The van der Waals surface area contributed by atoms with Gasteiger partial charge in [0.25, 0.3) is 0 Å². The van der Waals surface area contributed by atoms with Crippen LogP contribution in [0.1, 0.15) is 59.3 Å². The van der Waals surface area contributed by atoms with E-state index in [0.29, 0.717) is 12.0 Å². The summed E-state index contributed by atoms with van der Waals surface area (Å²) in [6, 6.07) is 0.307. The van der Waals surface area contributed by atoms with Gasteiger partial charge < -0.3 is 15.4 Å². The van der Waals surface area contributed by atoms with E-state index in [9.17, 15) is 4.79 Å². The van der Waals surface area contributed by atoms with Crippen LogP contribution >= 0.6 is 0 Å². The van der Waals surface area contributed by atoms with Crippen LogP contribution < -0.4 is 10.6 Å². The Labute approximate surface area is 123 Å². The molecule has 2 rings (SSSR count). The van der Waals surface area contributed by atoms with Crippen molar-refractivity contribution in [2.24, 2.45) is 11.8 Å². The quantitative estimate of drug-likeness (QED) is 0.833. The Kier molecular flexibility index (Phi) is 5.30. The molecule has 0 aromatic carbocycles. The van der Waals surface area contributed by atoms with Gasteiger partial charge in [0, 0.05) is 6.04 Å². The molecular weight excluding hydrogens is 252 g/mol. The normalized spacial score (nSPS) is 22.9. The van der Waals surface area contributed by atoms with Gasteiger partial charge in [0.2, 0.25) is 0 Å². The van der Waals surface area contributed by atoms with Gasteiger partial charge in [-0.2, -0.15) is 0 Å². The molecule has 20 heavy (non-hydrogen) atoms. The van der Waals surface area contributed by atoms with Gasteiger partial charge in [0.15, 0.2) is 0 Å². The molecular formula is C16H30N2O2. The maximum Gasteiger partial charge on any atom is 0.407 e. The maximum absolute atomic E-state index is 12.0. The van der Waals surface area contributed by atoms with Crippen LogP contribution in [0, 0.1) is 11.8 Å². The third-order valence-corrected chi connectivity index (χ3v) is 4.47. The summed E-state index contributed by atoms with van der Waals surface area (Å²) in [6.45, 7) is 7.98. The average Bonchev–Trinajstić information content (AvgIpc) is 2.24. The standard InChI is InChI=1S/C16H30N2O2/c1-16(2,3)20-15(19)18-14(13-5-4-6-13)11-12-7-9-17-10-8-12/h12-14,17H,4-11H2,1-3H3,(H,18,19).